The molecule has 0 radical (unpaired) electrons. The highest BCUT2D eigenvalue weighted by molar-refractivity contribution is 5.83. The third-order valence-electron chi connectivity index (χ3n) is 18.0. The van der Waals surface area contributed by atoms with E-state index in [1.807, 2.05) is 0 Å². The molecule has 0 aromatic carbocycles. The van der Waals surface area contributed by atoms with Gasteiger partial charge in [-0.05, 0) is 147 Å². The van der Waals surface area contributed by atoms with E-state index < -0.39 is 0 Å². The first-order valence-electron chi connectivity index (χ1n) is 19.2. The van der Waals surface area contributed by atoms with E-state index in [0.717, 1.165) is 56.8 Å². The molecule has 8 aliphatic carbocycles. The number of hydrogen-bond acceptors (Lipinski definition) is 4. The third kappa shape index (κ3) is 3.94. The van der Waals surface area contributed by atoms with E-state index in [0.29, 0.717) is 52.5 Å². The number of carbonyl (C=O) groups excluding carboxylic acids is 2. The lowest BCUT2D eigenvalue weighted by molar-refractivity contribution is -0.226. The van der Waals surface area contributed by atoms with E-state index in [2.05, 4.69) is 41.5 Å². The number of ketones is 2. The molecule has 4 nitrogen and oxygen atoms in total. The van der Waals surface area contributed by atoms with Crippen LogP contribution in [-0.2, 0) is 14.3 Å². The van der Waals surface area contributed by atoms with Gasteiger partial charge in [-0.1, -0.05) is 41.5 Å². The summed E-state index contributed by atoms with van der Waals surface area (Å²) >= 11 is 0. The van der Waals surface area contributed by atoms with Crippen molar-refractivity contribution in [3.8, 4) is 0 Å². The number of Topliss-reactive ketones (excluding diaryl/α,β-unsaturated/α-hetero) is 2. The zero-order valence-corrected chi connectivity index (χ0v) is 28.8. The number of rotatable bonds is 2. The Bertz CT molecular complexity index is 1200. The lowest BCUT2D eigenvalue weighted by atomic mass is 9.43. The van der Waals surface area contributed by atoms with Gasteiger partial charge in [0.2, 0.25) is 0 Å². The largest absolute Gasteiger partial charge is 0.393 e. The van der Waals surface area contributed by atoms with Crippen molar-refractivity contribution in [1.82, 2.24) is 0 Å². The molecule has 0 amide bonds. The number of ether oxygens (including phenoxy) is 1. The van der Waals surface area contributed by atoms with Crippen molar-refractivity contribution in [3.05, 3.63) is 0 Å². The van der Waals surface area contributed by atoms with Gasteiger partial charge < -0.3 is 9.84 Å². The zero-order valence-electron chi connectivity index (χ0n) is 28.8. The highest BCUT2D eigenvalue weighted by Gasteiger charge is 2.66. The maximum atomic E-state index is 13.6. The highest BCUT2D eigenvalue weighted by Crippen LogP contribution is 2.70. The second kappa shape index (κ2) is 10.1. The van der Waals surface area contributed by atoms with Crippen LogP contribution in [0.2, 0.25) is 0 Å². The van der Waals surface area contributed by atoms with Crippen molar-refractivity contribution in [2.24, 2.45) is 80.8 Å². The van der Waals surface area contributed by atoms with Crippen molar-refractivity contribution >= 4 is 11.6 Å². The standard InChI is InChI=1S/C40H62O4/c1-22-21-39(5)24(19-32(22)41)7-9-26-29-12-14-35(38(29,4)18-15-30(26)39)44-36-23(2)33(42)20-25-8-10-27-28-11-13-34(43)37(28,3)17-16-31(27)40(25,36)6/h22-31,34-36,43H,7-21H2,1-6H3/t22?,23?,24?,25?,26-,27-,28-,29-,30-,31-,34-,35-,36?,37-,38-,39-,40-/m0/s1. The normalized spacial score (nSPS) is 60.0. The monoisotopic (exact) mass is 606 g/mol. The first-order valence-corrected chi connectivity index (χ1v) is 19.2. The summed E-state index contributed by atoms with van der Waals surface area (Å²) in [5.41, 5.74) is 0.650. The summed E-state index contributed by atoms with van der Waals surface area (Å²) in [5.74, 6) is 6.34. The fourth-order valence-corrected chi connectivity index (χ4v) is 15.4. The maximum absolute atomic E-state index is 13.6. The minimum absolute atomic E-state index is 0.0212. The molecule has 5 unspecified atom stereocenters. The molecule has 0 bridgehead atoms. The van der Waals surface area contributed by atoms with Crippen molar-refractivity contribution in [3.63, 3.8) is 0 Å². The van der Waals surface area contributed by atoms with Gasteiger partial charge in [0.05, 0.1) is 18.3 Å². The van der Waals surface area contributed by atoms with Gasteiger partial charge in [-0.15, -0.1) is 0 Å². The topological polar surface area (TPSA) is 63.6 Å². The Morgan fingerprint density at radius 1 is 0.636 bits per heavy atom. The predicted octanol–water partition coefficient (Wildman–Crippen LogP) is 8.43. The predicted molar refractivity (Wildman–Crippen MR) is 173 cm³/mol. The molecular weight excluding hydrogens is 544 g/mol. The van der Waals surface area contributed by atoms with Crippen molar-refractivity contribution in [2.75, 3.05) is 0 Å². The number of aliphatic hydroxyl groups is 1. The van der Waals surface area contributed by atoms with Crippen LogP contribution in [-0.4, -0.2) is 35.0 Å². The second-order valence-electron chi connectivity index (χ2n) is 19.2. The summed E-state index contributed by atoms with van der Waals surface area (Å²) in [6.45, 7) is 14.5. The van der Waals surface area contributed by atoms with Gasteiger partial charge >= 0.3 is 0 Å². The van der Waals surface area contributed by atoms with Crippen LogP contribution in [0.1, 0.15) is 138 Å². The molecule has 0 spiro atoms. The van der Waals surface area contributed by atoms with Gasteiger partial charge in [-0.3, -0.25) is 9.59 Å². The Labute approximate surface area is 267 Å². The second-order valence-corrected chi connectivity index (χ2v) is 19.2. The molecule has 0 aromatic heterocycles. The molecule has 17 atom stereocenters. The van der Waals surface area contributed by atoms with Crippen LogP contribution in [0.15, 0.2) is 0 Å². The van der Waals surface area contributed by atoms with Crippen molar-refractivity contribution < 1.29 is 19.4 Å². The molecule has 8 saturated carbocycles. The first-order chi connectivity index (χ1) is 20.8. The van der Waals surface area contributed by atoms with Crippen LogP contribution in [0, 0.1) is 80.8 Å². The minimum atomic E-state index is -0.141. The van der Waals surface area contributed by atoms with E-state index in [9.17, 15) is 14.7 Å². The van der Waals surface area contributed by atoms with Crippen LogP contribution >= 0.6 is 0 Å². The SMILES string of the molecule is CC1C[C@@]2(C)C(CC[C@H]3[C@@H]4CC[C@H](OC5C(C)C(=O)CC6CC[C@@H]7[C@H](CC[C@]8(C)[C@@H](O)CC[C@@H]78)[C@]65C)[C@@]4(C)CC[C@@H]32)CC1=O. The van der Waals surface area contributed by atoms with Gasteiger partial charge in [-0.25, -0.2) is 0 Å². The summed E-state index contributed by atoms with van der Waals surface area (Å²) in [4.78, 5) is 26.4. The molecule has 0 saturated heterocycles. The molecule has 8 aliphatic rings. The summed E-state index contributed by atoms with van der Waals surface area (Å²) in [6, 6.07) is 0. The zero-order chi connectivity index (χ0) is 31.0. The number of carbonyl (C=O) groups is 2. The Balaban J connectivity index is 1.06. The molecule has 8 rings (SSSR count). The van der Waals surface area contributed by atoms with E-state index in [1.165, 1.54) is 51.4 Å². The Kier molecular flexibility index (Phi) is 7.04. The maximum Gasteiger partial charge on any atom is 0.138 e. The molecule has 4 heteroatoms. The molecule has 0 aromatic rings. The Hall–Kier alpha value is -0.740. The van der Waals surface area contributed by atoms with E-state index >= 15 is 0 Å². The average molecular weight is 607 g/mol. The van der Waals surface area contributed by atoms with Gasteiger partial charge in [0.15, 0.2) is 0 Å². The quantitative estimate of drug-likeness (QED) is 0.343. The highest BCUT2D eigenvalue weighted by atomic mass is 16.5. The summed E-state index contributed by atoms with van der Waals surface area (Å²) in [6.07, 6.45) is 17.2. The third-order valence-corrected chi connectivity index (χ3v) is 18.0. The van der Waals surface area contributed by atoms with Crippen LogP contribution in [0.5, 0.6) is 0 Å². The number of hydrogen-bond donors (Lipinski definition) is 1. The number of fused-ring (bicyclic) bond motifs is 10. The molecule has 0 aliphatic heterocycles. The lowest BCUT2D eigenvalue weighted by Crippen LogP contribution is -2.63. The van der Waals surface area contributed by atoms with Crippen LogP contribution in [0.3, 0.4) is 0 Å². The average Bonchev–Trinajstić information content (AvgIpc) is 3.48. The fraction of sp³-hybridized carbons (Fsp3) is 0.950. The molecule has 1 N–H and O–H groups in total. The molecule has 0 heterocycles. The smallest absolute Gasteiger partial charge is 0.138 e. The van der Waals surface area contributed by atoms with Crippen molar-refractivity contribution in [1.29, 1.82) is 0 Å². The van der Waals surface area contributed by atoms with E-state index in [1.54, 1.807) is 0 Å². The van der Waals surface area contributed by atoms with Gasteiger partial charge in [0.1, 0.15) is 11.6 Å². The van der Waals surface area contributed by atoms with Gasteiger partial charge in [0.25, 0.3) is 0 Å². The number of aliphatic hydroxyl groups excluding tert-OH is 1. The fourth-order valence-electron chi connectivity index (χ4n) is 15.4. The minimum Gasteiger partial charge on any atom is -0.393 e. The summed E-state index contributed by atoms with van der Waals surface area (Å²) < 4.78 is 7.61. The van der Waals surface area contributed by atoms with Crippen LogP contribution in [0.25, 0.3) is 0 Å². The van der Waals surface area contributed by atoms with Gasteiger partial charge in [-0.2, -0.15) is 0 Å². The van der Waals surface area contributed by atoms with Crippen molar-refractivity contribution in [2.45, 2.75) is 156 Å². The molecule has 8 fully saturated rings. The molecule has 44 heavy (non-hydrogen) atoms. The Morgan fingerprint density at radius 2 is 1.23 bits per heavy atom. The summed E-state index contributed by atoms with van der Waals surface area (Å²) in [5, 5.41) is 11.0. The molecular formula is C40H62O4. The summed E-state index contributed by atoms with van der Waals surface area (Å²) in [7, 11) is 0. The lowest BCUT2D eigenvalue weighted by Gasteiger charge is -2.64. The first kappa shape index (κ1) is 30.6. The van der Waals surface area contributed by atoms with E-state index in [4.69, 9.17) is 4.74 Å². The van der Waals surface area contributed by atoms with Crippen LogP contribution in [0.4, 0.5) is 0 Å². The van der Waals surface area contributed by atoms with E-state index in [-0.39, 0.29) is 46.4 Å². The molecule has 246 valence electrons. The van der Waals surface area contributed by atoms with Gasteiger partial charge in [0, 0.05) is 30.1 Å². The Morgan fingerprint density at radius 3 is 2.00 bits per heavy atom. The van der Waals surface area contributed by atoms with Crippen LogP contribution < -0.4 is 0 Å².